The lowest BCUT2D eigenvalue weighted by Gasteiger charge is -2.28. The molecule has 0 aliphatic rings. The summed E-state index contributed by atoms with van der Waals surface area (Å²) in [5, 5.41) is 18.1. The number of nitrogens with two attached hydrogens (primary N) is 1. The molecule has 1 aromatic carbocycles. The zero-order chi connectivity index (χ0) is 12.9. The quantitative estimate of drug-likeness (QED) is 0.690. The normalized spacial score (nSPS) is 14.3. The van der Waals surface area contributed by atoms with Crippen LogP contribution in [-0.4, -0.2) is 29.3 Å². The van der Waals surface area contributed by atoms with Crippen LogP contribution >= 0.6 is 0 Å². The minimum Gasteiger partial charge on any atom is -0.481 e. The Morgan fingerprint density at radius 3 is 2.53 bits per heavy atom. The number of aliphatic hydroxyl groups is 1. The van der Waals surface area contributed by atoms with Crippen LogP contribution in [0.2, 0.25) is 0 Å². The van der Waals surface area contributed by atoms with Crippen molar-refractivity contribution in [3.63, 3.8) is 0 Å². The van der Waals surface area contributed by atoms with Gasteiger partial charge in [-0.1, -0.05) is 18.2 Å². The summed E-state index contributed by atoms with van der Waals surface area (Å²) in [6, 6.07) is 5.70. The standard InChI is InChI=1S/C12H16FNO3/c13-10-5-2-1-4-9(10)12(8-14,11(16)17)6-3-7-15/h1-2,4-5,15H,3,6-8,14H2,(H,16,17). The van der Waals surface area contributed by atoms with E-state index in [0.717, 1.165) is 0 Å². The highest BCUT2D eigenvalue weighted by Gasteiger charge is 2.40. The van der Waals surface area contributed by atoms with Gasteiger partial charge in [0, 0.05) is 18.7 Å². The number of hydrogen-bond donors (Lipinski definition) is 3. The van der Waals surface area contributed by atoms with Crippen molar-refractivity contribution in [3.8, 4) is 0 Å². The molecule has 1 atom stereocenters. The van der Waals surface area contributed by atoms with E-state index in [1.54, 1.807) is 6.07 Å². The number of rotatable bonds is 6. The third-order valence-electron chi connectivity index (χ3n) is 2.91. The molecule has 0 amide bonds. The lowest BCUT2D eigenvalue weighted by atomic mass is 9.76. The van der Waals surface area contributed by atoms with Crippen molar-refractivity contribution in [3.05, 3.63) is 35.6 Å². The van der Waals surface area contributed by atoms with Gasteiger partial charge in [-0.25, -0.2) is 4.39 Å². The van der Waals surface area contributed by atoms with Gasteiger partial charge in [-0.3, -0.25) is 4.79 Å². The van der Waals surface area contributed by atoms with Crippen molar-refractivity contribution in [2.24, 2.45) is 5.73 Å². The Bertz CT molecular complexity index is 397. The van der Waals surface area contributed by atoms with Gasteiger partial charge in [-0.05, 0) is 18.9 Å². The summed E-state index contributed by atoms with van der Waals surface area (Å²) >= 11 is 0. The number of carbonyl (C=O) groups is 1. The minimum atomic E-state index is -1.46. The molecule has 1 aromatic rings. The lowest BCUT2D eigenvalue weighted by molar-refractivity contribution is -0.144. The first kappa shape index (κ1) is 13.6. The van der Waals surface area contributed by atoms with E-state index in [9.17, 15) is 14.3 Å². The van der Waals surface area contributed by atoms with Crippen LogP contribution in [0, 0.1) is 5.82 Å². The fourth-order valence-electron chi connectivity index (χ4n) is 1.89. The van der Waals surface area contributed by atoms with E-state index < -0.39 is 17.2 Å². The van der Waals surface area contributed by atoms with E-state index >= 15 is 0 Å². The Morgan fingerprint density at radius 1 is 1.41 bits per heavy atom. The molecule has 0 aromatic heterocycles. The second-order valence-corrected chi connectivity index (χ2v) is 3.90. The number of carboxylic acids is 1. The van der Waals surface area contributed by atoms with Gasteiger partial charge < -0.3 is 15.9 Å². The molecule has 94 valence electrons. The van der Waals surface area contributed by atoms with E-state index in [2.05, 4.69) is 0 Å². The molecule has 17 heavy (non-hydrogen) atoms. The first-order valence-corrected chi connectivity index (χ1v) is 5.38. The van der Waals surface area contributed by atoms with Crippen LogP contribution in [0.4, 0.5) is 4.39 Å². The second-order valence-electron chi connectivity index (χ2n) is 3.90. The van der Waals surface area contributed by atoms with E-state index in [1.165, 1.54) is 18.2 Å². The SMILES string of the molecule is NCC(CCCO)(C(=O)O)c1ccccc1F. The third kappa shape index (κ3) is 2.62. The summed E-state index contributed by atoms with van der Waals surface area (Å²) in [4.78, 5) is 11.4. The van der Waals surface area contributed by atoms with E-state index in [4.69, 9.17) is 10.8 Å². The van der Waals surface area contributed by atoms with Gasteiger partial charge in [0.25, 0.3) is 0 Å². The molecule has 0 heterocycles. The van der Waals surface area contributed by atoms with E-state index in [0.29, 0.717) is 0 Å². The van der Waals surface area contributed by atoms with Gasteiger partial charge in [0.1, 0.15) is 11.2 Å². The van der Waals surface area contributed by atoms with Gasteiger partial charge in [0.15, 0.2) is 0 Å². The van der Waals surface area contributed by atoms with Gasteiger partial charge >= 0.3 is 5.97 Å². The largest absolute Gasteiger partial charge is 0.481 e. The van der Waals surface area contributed by atoms with Gasteiger partial charge in [0.05, 0.1) is 0 Å². The smallest absolute Gasteiger partial charge is 0.315 e. The highest BCUT2D eigenvalue weighted by molar-refractivity contribution is 5.81. The molecule has 1 unspecified atom stereocenters. The number of halogens is 1. The number of aliphatic carboxylic acids is 1. The molecule has 0 bridgehead atoms. The van der Waals surface area contributed by atoms with Gasteiger partial charge in [-0.15, -0.1) is 0 Å². The second kappa shape index (κ2) is 5.75. The molecule has 1 rings (SSSR count). The molecule has 0 spiro atoms. The maximum atomic E-state index is 13.7. The monoisotopic (exact) mass is 241 g/mol. The zero-order valence-corrected chi connectivity index (χ0v) is 9.40. The molecule has 5 heteroatoms. The van der Waals surface area contributed by atoms with Crippen molar-refractivity contribution in [2.75, 3.05) is 13.2 Å². The summed E-state index contributed by atoms with van der Waals surface area (Å²) in [5.74, 6) is -1.75. The van der Waals surface area contributed by atoms with Crippen LogP contribution in [0.1, 0.15) is 18.4 Å². The first-order chi connectivity index (χ1) is 8.08. The molecular weight excluding hydrogens is 225 g/mol. The van der Waals surface area contributed by atoms with E-state index in [-0.39, 0.29) is 31.6 Å². The van der Waals surface area contributed by atoms with Crippen LogP contribution in [0.15, 0.2) is 24.3 Å². The number of benzene rings is 1. The molecule has 0 saturated heterocycles. The van der Waals surface area contributed by atoms with Crippen molar-refractivity contribution in [1.29, 1.82) is 0 Å². The lowest BCUT2D eigenvalue weighted by Crippen LogP contribution is -2.43. The highest BCUT2D eigenvalue weighted by Crippen LogP contribution is 2.30. The van der Waals surface area contributed by atoms with Crippen LogP contribution in [0.25, 0.3) is 0 Å². The topological polar surface area (TPSA) is 83.5 Å². The van der Waals surface area contributed by atoms with Crippen molar-refractivity contribution in [2.45, 2.75) is 18.3 Å². The highest BCUT2D eigenvalue weighted by atomic mass is 19.1. The third-order valence-corrected chi connectivity index (χ3v) is 2.91. The average molecular weight is 241 g/mol. The number of aliphatic hydroxyl groups excluding tert-OH is 1. The fraction of sp³-hybridized carbons (Fsp3) is 0.417. The van der Waals surface area contributed by atoms with Crippen molar-refractivity contribution >= 4 is 5.97 Å². The predicted octanol–water partition coefficient (Wildman–Crippen LogP) is 0.879. The molecule has 0 fully saturated rings. The number of hydrogen-bond acceptors (Lipinski definition) is 3. The molecule has 4 N–H and O–H groups in total. The first-order valence-electron chi connectivity index (χ1n) is 5.38. The summed E-state index contributed by atoms with van der Waals surface area (Å²) < 4.78 is 13.7. The molecule has 0 aliphatic carbocycles. The Labute approximate surface area is 98.9 Å². The van der Waals surface area contributed by atoms with Crippen molar-refractivity contribution < 1.29 is 19.4 Å². The molecule has 0 aliphatic heterocycles. The molecule has 0 radical (unpaired) electrons. The minimum absolute atomic E-state index is 0.0726. The molecular formula is C12H16FNO3. The van der Waals surface area contributed by atoms with Crippen LogP contribution in [0.3, 0.4) is 0 Å². The van der Waals surface area contributed by atoms with Crippen LogP contribution in [-0.2, 0) is 10.2 Å². The van der Waals surface area contributed by atoms with Gasteiger partial charge in [-0.2, -0.15) is 0 Å². The molecule has 4 nitrogen and oxygen atoms in total. The fourth-order valence-corrected chi connectivity index (χ4v) is 1.89. The maximum absolute atomic E-state index is 13.7. The Morgan fingerprint density at radius 2 is 2.06 bits per heavy atom. The Hall–Kier alpha value is -1.46. The summed E-state index contributed by atoms with van der Waals surface area (Å²) in [7, 11) is 0. The van der Waals surface area contributed by atoms with Crippen LogP contribution < -0.4 is 5.73 Å². The van der Waals surface area contributed by atoms with Crippen LogP contribution in [0.5, 0.6) is 0 Å². The van der Waals surface area contributed by atoms with Crippen molar-refractivity contribution in [1.82, 2.24) is 0 Å². The molecule has 0 saturated carbocycles. The maximum Gasteiger partial charge on any atom is 0.315 e. The zero-order valence-electron chi connectivity index (χ0n) is 9.40. The summed E-state index contributed by atoms with van der Waals surface area (Å²) in [5.41, 5.74) is 4.13. The Balaban J connectivity index is 3.22. The predicted molar refractivity (Wildman–Crippen MR) is 61.1 cm³/mol. The average Bonchev–Trinajstić information content (AvgIpc) is 2.32. The number of carboxylic acid groups (broad SMARTS) is 1. The van der Waals surface area contributed by atoms with E-state index in [1.807, 2.05) is 0 Å². The summed E-state index contributed by atoms with van der Waals surface area (Å²) in [6.45, 7) is -0.354. The Kier molecular flexibility index (Phi) is 4.60. The van der Waals surface area contributed by atoms with Gasteiger partial charge in [0.2, 0.25) is 0 Å². The summed E-state index contributed by atoms with van der Waals surface area (Å²) in [6.07, 6.45) is 0.369.